The maximum Gasteiger partial charge on any atom is 0.397 e. The molecule has 100 valence electrons. The molecule has 1 aliphatic heterocycles. The quantitative estimate of drug-likeness (QED) is 0.328. The fourth-order valence-electron chi connectivity index (χ4n) is 1.30. The monoisotopic (exact) mass is 274 g/mol. The second-order valence-electron chi connectivity index (χ2n) is 3.26. The summed E-state index contributed by atoms with van der Waals surface area (Å²) in [5.74, 6) is -1.67. The van der Waals surface area contributed by atoms with E-state index in [1.165, 1.54) is 0 Å². The van der Waals surface area contributed by atoms with Crippen molar-refractivity contribution in [2.24, 2.45) is 0 Å². The number of carbonyl (C=O) groups is 1. The molecule has 17 heavy (non-hydrogen) atoms. The zero-order valence-electron chi connectivity index (χ0n) is 8.07. The number of hydrogen-bond acceptors (Lipinski definition) is 8. The van der Waals surface area contributed by atoms with Crippen molar-refractivity contribution < 1.29 is 47.1 Å². The Morgan fingerprint density at radius 2 is 1.71 bits per heavy atom. The van der Waals surface area contributed by atoms with Crippen LogP contribution in [0.1, 0.15) is 0 Å². The molecule has 1 heterocycles. The summed E-state index contributed by atoms with van der Waals surface area (Å²) in [4.78, 5) is 10.5. The molecule has 0 radical (unpaired) electrons. The van der Waals surface area contributed by atoms with Crippen LogP contribution >= 0.6 is 0 Å². The molecule has 5 atom stereocenters. The van der Waals surface area contributed by atoms with Crippen molar-refractivity contribution in [3.05, 3.63) is 0 Å². The predicted molar refractivity (Wildman–Crippen MR) is 47.0 cm³/mol. The highest BCUT2D eigenvalue weighted by atomic mass is 32.3. The van der Waals surface area contributed by atoms with Crippen molar-refractivity contribution in [2.75, 3.05) is 0 Å². The number of aliphatic hydroxyl groups excluding tert-OH is 3. The molecule has 0 aromatic rings. The summed E-state index contributed by atoms with van der Waals surface area (Å²) in [6.45, 7) is 0. The third-order valence-electron chi connectivity index (χ3n) is 2.04. The maximum absolute atomic E-state index is 10.5. The van der Waals surface area contributed by atoms with Gasteiger partial charge in [0.1, 0.15) is 12.2 Å². The molecule has 0 amide bonds. The van der Waals surface area contributed by atoms with Crippen LogP contribution in [0.2, 0.25) is 0 Å². The van der Waals surface area contributed by atoms with Gasteiger partial charge in [0.25, 0.3) is 0 Å². The van der Waals surface area contributed by atoms with Crippen molar-refractivity contribution in [3.8, 4) is 0 Å². The molecule has 0 aromatic carbocycles. The van der Waals surface area contributed by atoms with Crippen LogP contribution in [0.15, 0.2) is 0 Å². The van der Waals surface area contributed by atoms with Crippen molar-refractivity contribution in [2.45, 2.75) is 30.7 Å². The van der Waals surface area contributed by atoms with Crippen LogP contribution in [0.3, 0.4) is 0 Å². The minimum Gasteiger partial charge on any atom is -0.479 e. The number of rotatable bonds is 3. The van der Waals surface area contributed by atoms with Crippen molar-refractivity contribution >= 4 is 16.4 Å². The summed E-state index contributed by atoms with van der Waals surface area (Å²) in [5, 5.41) is 36.3. The van der Waals surface area contributed by atoms with E-state index in [4.69, 9.17) is 9.66 Å². The van der Waals surface area contributed by atoms with Crippen LogP contribution in [0.4, 0.5) is 0 Å². The molecule has 0 aliphatic carbocycles. The summed E-state index contributed by atoms with van der Waals surface area (Å²) in [6.07, 6.45) is -10.2. The Labute approximate surface area is 95.0 Å². The zero-order valence-corrected chi connectivity index (χ0v) is 8.89. The Hall–Kier alpha value is -0.820. The normalized spacial score (nSPS) is 38.9. The Morgan fingerprint density at radius 1 is 1.18 bits per heavy atom. The van der Waals surface area contributed by atoms with Crippen LogP contribution < -0.4 is 0 Å². The van der Waals surface area contributed by atoms with Crippen molar-refractivity contribution in [1.29, 1.82) is 0 Å². The van der Waals surface area contributed by atoms with Crippen LogP contribution in [-0.4, -0.2) is 70.1 Å². The van der Waals surface area contributed by atoms with Gasteiger partial charge in [-0.15, -0.1) is 0 Å². The van der Waals surface area contributed by atoms with Gasteiger partial charge in [-0.25, -0.2) is 8.98 Å². The zero-order chi connectivity index (χ0) is 13.4. The summed E-state index contributed by atoms with van der Waals surface area (Å²) >= 11 is 0. The number of ether oxygens (including phenoxy) is 1. The lowest BCUT2D eigenvalue weighted by Gasteiger charge is -2.37. The fourth-order valence-corrected chi connectivity index (χ4v) is 1.79. The van der Waals surface area contributed by atoms with Gasteiger partial charge in [-0.3, -0.25) is 4.55 Å². The molecule has 1 aliphatic rings. The lowest BCUT2D eigenvalue weighted by molar-refractivity contribution is -0.274. The minimum absolute atomic E-state index is 1.67. The fraction of sp³-hybridized carbons (Fsp3) is 0.833. The standard InChI is InChI=1S/C6H10O10S/c7-1-2(8)4(16-17(12,13)14)6(11)15-3(1)5(9)10/h1-4,6-8,11H,(H,9,10)(H,12,13,14)/t1-,2+,3?,4?,6?/m1/s1. The van der Waals surface area contributed by atoms with E-state index in [-0.39, 0.29) is 0 Å². The molecular formula is C6H10O10S. The molecule has 3 unspecified atom stereocenters. The number of hydrogen-bond donors (Lipinski definition) is 5. The average Bonchev–Trinajstić information content (AvgIpc) is 2.16. The van der Waals surface area contributed by atoms with Gasteiger partial charge in [-0.2, -0.15) is 8.42 Å². The number of aliphatic hydroxyl groups is 3. The highest BCUT2D eigenvalue weighted by Gasteiger charge is 2.49. The van der Waals surface area contributed by atoms with E-state index in [9.17, 15) is 28.5 Å². The lowest BCUT2D eigenvalue weighted by Crippen LogP contribution is -2.60. The second-order valence-corrected chi connectivity index (χ2v) is 4.30. The van der Waals surface area contributed by atoms with E-state index in [0.29, 0.717) is 0 Å². The van der Waals surface area contributed by atoms with Crippen LogP contribution in [0.25, 0.3) is 0 Å². The summed E-state index contributed by atoms with van der Waals surface area (Å²) in [7, 11) is -5.01. The van der Waals surface area contributed by atoms with Gasteiger partial charge in [0.15, 0.2) is 18.5 Å². The molecule has 1 saturated heterocycles. The van der Waals surface area contributed by atoms with Gasteiger partial charge in [0.05, 0.1) is 0 Å². The average molecular weight is 274 g/mol. The second kappa shape index (κ2) is 4.81. The van der Waals surface area contributed by atoms with E-state index in [0.717, 1.165) is 0 Å². The Kier molecular flexibility index (Phi) is 4.03. The molecule has 0 bridgehead atoms. The van der Waals surface area contributed by atoms with Crippen LogP contribution in [0.5, 0.6) is 0 Å². The Balaban J connectivity index is 2.87. The maximum atomic E-state index is 10.5. The first kappa shape index (κ1) is 14.2. The first-order valence-electron chi connectivity index (χ1n) is 4.21. The molecular weight excluding hydrogens is 264 g/mol. The number of carboxylic acids is 1. The molecule has 0 aromatic heterocycles. The van der Waals surface area contributed by atoms with E-state index in [1.54, 1.807) is 0 Å². The molecule has 11 heteroatoms. The van der Waals surface area contributed by atoms with Gasteiger partial charge in [-0.1, -0.05) is 0 Å². The predicted octanol–water partition coefficient (Wildman–Crippen LogP) is -3.30. The number of carboxylic acid groups (broad SMARTS) is 1. The van der Waals surface area contributed by atoms with Gasteiger partial charge < -0.3 is 25.2 Å². The first-order chi connectivity index (χ1) is 7.63. The number of aliphatic carboxylic acids is 1. The smallest absolute Gasteiger partial charge is 0.397 e. The largest absolute Gasteiger partial charge is 0.479 e. The Bertz CT molecular complexity index is 390. The molecule has 1 fully saturated rings. The van der Waals surface area contributed by atoms with Gasteiger partial charge in [0, 0.05) is 0 Å². The van der Waals surface area contributed by atoms with Crippen molar-refractivity contribution in [1.82, 2.24) is 0 Å². The summed E-state index contributed by atoms with van der Waals surface area (Å²) < 4.78 is 37.3. The highest BCUT2D eigenvalue weighted by Crippen LogP contribution is 2.23. The first-order valence-corrected chi connectivity index (χ1v) is 5.58. The molecule has 0 spiro atoms. The third-order valence-corrected chi connectivity index (χ3v) is 2.51. The van der Waals surface area contributed by atoms with E-state index < -0.39 is 47.1 Å². The molecule has 5 N–H and O–H groups in total. The van der Waals surface area contributed by atoms with Gasteiger partial charge >= 0.3 is 16.4 Å². The lowest BCUT2D eigenvalue weighted by atomic mass is 9.99. The minimum atomic E-state index is -5.01. The van der Waals surface area contributed by atoms with Crippen LogP contribution in [0, 0.1) is 0 Å². The van der Waals surface area contributed by atoms with E-state index in [2.05, 4.69) is 8.92 Å². The molecule has 0 saturated carbocycles. The van der Waals surface area contributed by atoms with E-state index >= 15 is 0 Å². The summed E-state index contributed by atoms with van der Waals surface area (Å²) in [6, 6.07) is 0. The van der Waals surface area contributed by atoms with E-state index in [1.807, 2.05) is 0 Å². The molecule has 1 rings (SSSR count). The summed E-state index contributed by atoms with van der Waals surface area (Å²) in [5.41, 5.74) is 0. The topological polar surface area (TPSA) is 171 Å². The SMILES string of the molecule is O=C(O)C1OC(O)C(OS(=O)(=O)O)[C@@H](O)[C@H]1O. The highest BCUT2D eigenvalue weighted by molar-refractivity contribution is 7.80. The molecule has 10 nitrogen and oxygen atoms in total. The van der Waals surface area contributed by atoms with Crippen molar-refractivity contribution in [3.63, 3.8) is 0 Å². The van der Waals surface area contributed by atoms with Gasteiger partial charge in [-0.05, 0) is 0 Å². The van der Waals surface area contributed by atoms with Gasteiger partial charge in [0.2, 0.25) is 0 Å². The Morgan fingerprint density at radius 3 is 2.12 bits per heavy atom. The van der Waals surface area contributed by atoms with Crippen LogP contribution in [-0.2, 0) is 24.1 Å². The third kappa shape index (κ3) is 3.32.